The lowest BCUT2D eigenvalue weighted by Gasteiger charge is -2.12. The smallest absolute Gasteiger partial charge is 0.316 e. The lowest BCUT2D eigenvalue weighted by Crippen LogP contribution is -2.07. The Balaban J connectivity index is 2.36. The van der Waals surface area contributed by atoms with Gasteiger partial charge < -0.3 is 4.98 Å². The SMILES string of the molecule is Fc1cnc2[nH]c(F)c(-c3ccccc3C(F)(F)F)c2c1. The Morgan fingerprint density at radius 1 is 1.05 bits per heavy atom. The number of nitrogens with one attached hydrogen (secondary N) is 1. The van der Waals surface area contributed by atoms with Crippen LogP contribution in [0, 0.1) is 11.8 Å². The van der Waals surface area contributed by atoms with Gasteiger partial charge in [-0.15, -0.1) is 0 Å². The van der Waals surface area contributed by atoms with Gasteiger partial charge >= 0.3 is 6.18 Å². The highest BCUT2D eigenvalue weighted by Gasteiger charge is 2.34. The second-order valence-corrected chi connectivity index (χ2v) is 4.41. The van der Waals surface area contributed by atoms with Crippen LogP contribution in [-0.2, 0) is 6.18 Å². The number of alkyl halides is 3. The van der Waals surface area contributed by atoms with Gasteiger partial charge in [0.1, 0.15) is 11.5 Å². The number of aromatic amines is 1. The number of halogens is 5. The highest BCUT2D eigenvalue weighted by Crippen LogP contribution is 2.40. The molecule has 3 aromatic rings. The molecule has 2 nitrogen and oxygen atoms in total. The molecule has 0 amide bonds. The summed E-state index contributed by atoms with van der Waals surface area (Å²) >= 11 is 0. The number of fused-ring (bicyclic) bond motifs is 1. The molecule has 0 bridgehead atoms. The van der Waals surface area contributed by atoms with Gasteiger partial charge in [-0.1, -0.05) is 18.2 Å². The minimum absolute atomic E-state index is 0.0131. The van der Waals surface area contributed by atoms with Gasteiger partial charge in [0.05, 0.1) is 11.8 Å². The van der Waals surface area contributed by atoms with Crippen molar-refractivity contribution in [3.63, 3.8) is 0 Å². The quantitative estimate of drug-likeness (QED) is 0.657. The molecule has 0 radical (unpaired) electrons. The van der Waals surface area contributed by atoms with E-state index in [0.717, 1.165) is 24.4 Å². The molecule has 0 saturated carbocycles. The molecule has 0 spiro atoms. The van der Waals surface area contributed by atoms with E-state index in [9.17, 15) is 22.0 Å². The summed E-state index contributed by atoms with van der Waals surface area (Å²) < 4.78 is 66.3. The molecule has 0 fully saturated rings. The number of aromatic nitrogens is 2. The Hall–Kier alpha value is -2.44. The summed E-state index contributed by atoms with van der Waals surface area (Å²) in [5.74, 6) is -1.74. The van der Waals surface area contributed by atoms with Crippen LogP contribution in [0.2, 0.25) is 0 Å². The largest absolute Gasteiger partial charge is 0.417 e. The maximum Gasteiger partial charge on any atom is 0.417 e. The minimum Gasteiger partial charge on any atom is -0.316 e. The van der Waals surface area contributed by atoms with E-state index in [4.69, 9.17) is 0 Å². The van der Waals surface area contributed by atoms with E-state index in [0.29, 0.717) is 0 Å². The summed E-state index contributed by atoms with van der Waals surface area (Å²) in [6, 6.07) is 5.50. The van der Waals surface area contributed by atoms with Gasteiger partial charge in [0.2, 0.25) is 5.95 Å². The van der Waals surface area contributed by atoms with Crippen LogP contribution in [0.15, 0.2) is 36.5 Å². The molecule has 0 atom stereocenters. The van der Waals surface area contributed by atoms with Gasteiger partial charge in [-0.25, -0.2) is 9.37 Å². The molecule has 0 aliphatic carbocycles. The van der Waals surface area contributed by atoms with Crippen molar-refractivity contribution in [3.8, 4) is 11.1 Å². The molecule has 108 valence electrons. The molecule has 2 heterocycles. The topological polar surface area (TPSA) is 28.7 Å². The van der Waals surface area contributed by atoms with Crippen LogP contribution < -0.4 is 0 Å². The molecule has 0 aliphatic heterocycles. The molecule has 7 heteroatoms. The zero-order valence-electron chi connectivity index (χ0n) is 10.3. The molecule has 21 heavy (non-hydrogen) atoms. The number of hydrogen-bond acceptors (Lipinski definition) is 1. The van der Waals surface area contributed by atoms with Crippen molar-refractivity contribution in [2.75, 3.05) is 0 Å². The molecule has 1 N–H and O–H groups in total. The fourth-order valence-electron chi connectivity index (χ4n) is 2.23. The van der Waals surface area contributed by atoms with Gasteiger partial charge in [-0.2, -0.15) is 17.6 Å². The molecule has 3 rings (SSSR count). The fraction of sp³-hybridized carbons (Fsp3) is 0.0714. The summed E-state index contributed by atoms with van der Waals surface area (Å²) in [6.45, 7) is 0. The van der Waals surface area contributed by atoms with Crippen molar-refractivity contribution in [2.45, 2.75) is 6.18 Å². The first kappa shape index (κ1) is 13.5. The summed E-state index contributed by atoms with van der Waals surface area (Å²) in [5.41, 5.74) is -1.71. The Bertz CT molecular complexity index is 820. The molecule has 1 aromatic carbocycles. The van der Waals surface area contributed by atoms with Crippen LogP contribution in [0.25, 0.3) is 22.2 Å². The minimum atomic E-state index is -4.65. The van der Waals surface area contributed by atoms with Gasteiger partial charge in [-0.05, 0) is 17.7 Å². The van der Waals surface area contributed by atoms with E-state index in [2.05, 4.69) is 9.97 Å². The summed E-state index contributed by atoms with van der Waals surface area (Å²) in [6.07, 6.45) is -3.79. The van der Waals surface area contributed by atoms with Crippen molar-refractivity contribution in [3.05, 3.63) is 53.9 Å². The van der Waals surface area contributed by atoms with Gasteiger partial charge in [-0.3, -0.25) is 0 Å². The predicted octanol–water partition coefficient (Wildman–Crippen LogP) is 4.53. The van der Waals surface area contributed by atoms with Crippen LogP contribution in [0.1, 0.15) is 5.56 Å². The Kier molecular flexibility index (Phi) is 2.93. The summed E-state index contributed by atoms with van der Waals surface area (Å²) in [4.78, 5) is 5.85. The number of rotatable bonds is 1. The van der Waals surface area contributed by atoms with Crippen LogP contribution in [0.3, 0.4) is 0 Å². The van der Waals surface area contributed by atoms with E-state index >= 15 is 0 Å². The first-order valence-electron chi connectivity index (χ1n) is 5.87. The lowest BCUT2D eigenvalue weighted by atomic mass is 9.99. The Labute approximate surface area is 115 Å². The third-order valence-electron chi connectivity index (χ3n) is 3.07. The monoisotopic (exact) mass is 298 g/mol. The van der Waals surface area contributed by atoms with Crippen molar-refractivity contribution < 1.29 is 22.0 Å². The van der Waals surface area contributed by atoms with E-state index < -0.39 is 23.5 Å². The highest BCUT2D eigenvalue weighted by atomic mass is 19.4. The third kappa shape index (κ3) is 2.24. The van der Waals surface area contributed by atoms with Crippen molar-refractivity contribution in [1.82, 2.24) is 9.97 Å². The van der Waals surface area contributed by atoms with Crippen LogP contribution in [0.4, 0.5) is 22.0 Å². The maximum atomic E-state index is 14.0. The van der Waals surface area contributed by atoms with Gasteiger partial charge in [0.15, 0.2) is 0 Å². The molecular formula is C14H7F5N2. The van der Waals surface area contributed by atoms with Crippen molar-refractivity contribution >= 4 is 11.0 Å². The summed E-state index contributed by atoms with van der Waals surface area (Å²) in [7, 11) is 0. The van der Waals surface area contributed by atoms with Crippen LogP contribution >= 0.6 is 0 Å². The highest BCUT2D eigenvalue weighted by molar-refractivity contribution is 5.94. The number of pyridine rings is 1. The number of hydrogen-bond donors (Lipinski definition) is 1. The molecule has 0 unspecified atom stereocenters. The number of H-pyrrole nitrogens is 1. The number of benzene rings is 1. The van der Waals surface area contributed by atoms with E-state index in [1.54, 1.807) is 0 Å². The lowest BCUT2D eigenvalue weighted by molar-refractivity contribution is -0.137. The third-order valence-corrected chi connectivity index (χ3v) is 3.07. The zero-order valence-corrected chi connectivity index (χ0v) is 10.3. The Morgan fingerprint density at radius 2 is 1.76 bits per heavy atom. The number of nitrogens with zero attached hydrogens (tertiary/aromatic N) is 1. The fourth-order valence-corrected chi connectivity index (χ4v) is 2.23. The van der Waals surface area contributed by atoms with Gasteiger partial charge in [0, 0.05) is 10.9 Å². The molecule has 2 aromatic heterocycles. The van der Waals surface area contributed by atoms with E-state index in [1.807, 2.05) is 0 Å². The average Bonchev–Trinajstić information content (AvgIpc) is 2.73. The second-order valence-electron chi connectivity index (χ2n) is 4.41. The zero-order chi connectivity index (χ0) is 15.2. The normalized spacial score (nSPS) is 12.0. The Morgan fingerprint density at radius 3 is 2.48 bits per heavy atom. The standard InChI is InChI=1S/C14H7F5N2/c15-7-5-9-11(12(16)21-13(9)20-6-7)8-3-1-2-4-10(8)14(17,18)19/h1-6H,(H,20,21). The first-order valence-corrected chi connectivity index (χ1v) is 5.87. The predicted molar refractivity (Wildman–Crippen MR) is 66.4 cm³/mol. The van der Waals surface area contributed by atoms with Gasteiger partial charge in [0.25, 0.3) is 0 Å². The van der Waals surface area contributed by atoms with E-state index in [-0.39, 0.29) is 22.2 Å². The average molecular weight is 298 g/mol. The van der Waals surface area contributed by atoms with Crippen molar-refractivity contribution in [1.29, 1.82) is 0 Å². The van der Waals surface area contributed by atoms with Crippen LogP contribution in [0.5, 0.6) is 0 Å². The second kappa shape index (κ2) is 4.54. The van der Waals surface area contributed by atoms with Crippen molar-refractivity contribution in [2.24, 2.45) is 0 Å². The molecular weight excluding hydrogens is 291 g/mol. The van der Waals surface area contributed by atoms with Crippen LogP contribution in [-0.4, -0.2) is 9.97 Å². The maximum absolute atomic E-state index is 14.0. The van der Waals surface area contributed by atoms with E-state index in [1.165, 1.54) is 12.1 Å². The molecule has 0 saturated heterocycles. The summed E-state index contributed by atoms with van der Waals surface area (Å²) in [5, 5.41) is -0.0378. The first-order chi connectivity index (χ1) is 9.88. The molecule has 0 aliphatic rings.